The minimum Gasteiger partial charge on any atom is -0.370 e. The third-order valence-electron chi connectivity index (χ3n) is 6.35. The van der Waals surface area contributed by atoms with Crippen molar-refractivity contribution in [1.82, 2.24) is 20.5 Å². The number of anilines is 2. The van der Waals surface area contributed by atoms with Crippen LogP contribution in [0.3, 0.4) is 0 Å². The smallest absolute Gasteiger partial charge is 0.275 e. The highest BCUT2D eigenvalue weighted by atomic mass is 32.1. The molecule has 2 fully saturated rings. The Labute approximate surface area is 179 Å². The standard InChI is InChI=1S/C22H26N6OS/c29-20(18-14-30-21(26-18)17-6-11-24-27-17)25-16-4-1-2-5-19(16)28-12-8-22(9-13-28)7-3-10-23-15-22/h1-2,4-6,11,14,23H,3,7-10,12-13,15H2,(H,24,27)(H,25,29). The summed E-state index contributed by atoms with van der Waals surface area (Å²) in [6.45, 7) is 4.34. The van der Waals surface area contributed by atoms with E-state index in [-0.39, 0.29) is 5.91 Å². The van der Waals surface area contributed by atoms with Gasteiger partial charge in [-0.25, -0.2) is 4.98 Å². The lowest BCUT2D eigenvalue weighted by Crippen LogP contribution is -2.48. The highest BCUT2D eigenvalue weighted by Crippen LogP contribution is 2.40. The number of rotatable bonds is 4. The third-order valence-corrected chi connectivity index (χ3v) is 7.22. The largest absolute Gasteiger partial charge is 0.370 e. The average Bonchev–Trinajstić information content (AvgIpc) is 3.48. The van der Waals surface area contributed by atoms with Crippen molar-refractivity contribution in [2.45, 2.75) is 25.7 Å². The Bertz CT molecular complexity index is 998. The molecule has 1 aromatic carbocycles. The van der Waals surface area contributed by atoms with E-state index in [1.807, 2.05) is 24.3 Å². The number of hydrogen-bond acceptors (Lipinski definition) is 6. The van der Waals surface area contributed by atoms with E-state index in [4.69, 9.17) is 0 Å². The third kappa shape index (κ3) is 3.85. The Morgan fingerprint density at radius 3 is 2.80 bits per heavy atom. The van der Waals surface area contributed by atoms with Gasteiger partial charge in [0.15, 0.2) is 0 Å². The van der Waals surface area contributed by atoms with Gasteiger partial charge in [-0.3, -0.25) is 9.89 Å². The normalized spacial score (nSPS) is 18.5. The molecule has 3 N–H and O–H groups in total. The van der Waals surface area contributed by atoms with Crippen LogP contribution in [0.25, 0.3) is 10.7 Å². The molecule has 156 valence electrons. The number of H-pyrrole nitrogens is 1. The number of thiazole rings is 1. The van der Waals surface area contributed by atoms with Gasteiger partial charge in [-0.05, 0) is 55.8 Å². The van der Waals surface area contributed by atoms with Crippen molar-refractivity contribution in [3.63, 3.8) is 0 Å². The molecule has 2 aliphatic heterocycles. The van der Waals surface area contributed by atoms with Gasteiger partial charge in [-0.1, -0.05) is 12.1 Å². The first kappa shape index (κ1) is 19.3. The first-order valence-corrected chi connectivity index (χ1v) is 11.4. The summed E-state index contributed by atoms with van der Waals surface area (Å²) in [6, 6.07) is 9.93. The minimum atomic E-state index is -0.186. The molecule has 30 heavy (non-hydrogen) atoms. The number of nitrogens with one attached hydrogen (secondary N) is 3. The quantitative estimate of drug-likeness (QED) is 0.596. The second kappa shape index (κ2) is 8.20. The number of nitrogens with zero attached hydrogens (tertiary/aromatic N) is 3. The van der Waals surface area contributed by atoms with Crippen molar-refractivity contribution >= 4 is 28.6 Å². The van der Waals surface area contributed by atoms with E-state index in [0.717, 1.165) is 48.3 Å². The molecule has 3 aromatic rings. The van der Waals surface area contributed by atoms with E-state index in [9.17, 15) is 4.79 Å². The van der Waals surface area contributed by atoms with Crippen LogP contribution in [0, 0.1) is 5.41 Å². The lowest BCUT2D eigenvalue weighted by Gasteiger charge is -2.45. The first-order chi connectivity index (χ1) is 14.7. The Morgan fingerprint density at radius 1 is 1.17 bits per heavy atom. The molecule has 5 rings (SSSR count). The van der Waals surface area contributed by atoms with Gasteiger partial charge in [0, 0.05) is 31.2 Å². The summed E-state index contributed by atoms with van der Waals surface area (Å²) in [5.41, 5.74) is 3.63. The zero-order valence-electron chi connectivity index (χ0n) is 16.9. The monoisotopic (exact) mass is 422 g/mol. The van der Waals surface area contributed by atoms with Crippen molar-refractivity contribution < 1.29 is 4.79 Å². The predicted octanol–water partition coefficient (Wildman–Crippen LogP) is 3.76. The molecule has 2 aromatic heterocycles. The summed E-state index contributed by atoms with van der Waals surface area (Å²) < 4.78 is 0. The summed E-state index contributed by atoms with van der Waals surface area (Å²) in [5, 5.41) is 16.0. The van der Waals surface area contributed by atoms with Crippen LogP contribution >= 0.6 is 11.3 Å². The number of piperidine rings is 2. The number of amides is 1. The molecule has 0 saturated carbocycles. The lowest BCUT2D eigenvalue weighted by atomic mass is 9.73. The number of aromatic amines is 1. The molecular formula is C22H26N6OS. The van der Waals surface area contributed by atoms with Gasteiger partial charge in [0.25, 0.3) is 5.91 Å². The van der Waals surface area contributed by atoms with Gasteiger partial charge < -0.3 is 15.5 Å². The van der Waals surface area contributed by atoms with E-state index in [1.165, 1.54) is 37.0 Å². The van der Waals surface area contributed by atoms with E-state index < -0.39 is 0 Å². The number of hydrogen-bond donors (Lipinski definition) is 3. The number of carbonyl (C=O) groups is 1. The molecule has 8 heteroatoms. The van der Waals surface area contributed by atoms with Crippen LogP contribution in [0.4, 0.5) is 11.4 Å². The minimum absolute atomic E-state index is 0.186. The second-order valence-corrected chi connectivity index (χ2v) is 9.10. The van der Waals surface area contributed by atoms with Gasteiger partial charge >= 0.3 is 0 Å². The molecule has 0 unspecified atom stereocenters. The summed E-state index contributed by atoms with van der Waals surface area (Å²) >= 11 is 1.43. The summed E-state index contributed by atoms with van der Waals surface area (Å²) in [6.07, 6.45) is 6.68. The predicted molar refractivity (Wildman–Crippen MR) is 120 cm³/mol. The molecular weight excluding hydrogens is 396 g/mol. The Morgan fingerprint density at radius 2 is 2.03 bits per heavy atom. The average molecular weight is 423 g/mol. The maximum atomic E-state index is 12.9. The van der Waals surface area contributed by atoms with Crippen LogP contribution in [0.5, 0.6) is 0 Å². The van der Waals surface area contributed by atoms with E-state index in [0.29, 0.717) is 11.1 Å². The van der Waals surface area contributed by atoms with Crippen molar-refractivity contribution in [2.75, 3.05) is 36.4 Å². The fourth-order valence-electron chi connectivity index (χ4n) is 4.60. The van der Waals surface area contributed by atoms with E-state index in [2.05, 4.69) is 36.8 Å². The van der Waals surface area contributed by atoms with Crippen LogP contribution in [-0.4, -0.2) is 47.3 Å². The van der Waals surface area contributed by atoms with Crippen molar-refractivity contribution in [3.8, 4) is 10.7 Å². The van der Waals surface area contributed by atoms with Gasteiger partial charge in [-0.2, -0.15) is 5.10 Å². The van der Waals surface area contributed by atoms with E-state index >= 15 is 0 Å². The maximum Gasteiger partial charge on any atom is 0.275 e. The Hall–Kier alpha value is -2.71. The van der Waals surface area contributed by atoms with Crippen LogP contribution in [0.2, 0.25) is 0 Å². The first-order valence-electron chi connectivity index (χ1n) is 10.5. The highest BCUT2D eigenvalue weighted by molar-refractivity contribution is 7.13. The lowest BCUT2D eigenvalue weighted by molar-refractivity contribution is 0.102. The van der Waals surface area contributed by atoms with Crippen molar-refractivity contribution in [1.29, 1.82) is 0 Å². The molecule has 7 nitrogen and oxygen atoms in total. The fraction of sp³-hybridized carbons (Fsp3) is 0.409. The number of carbonyl (C=O) groups excluding carboxylic acids is 1. The van der Waals surface area contributed by atoms with E-state index in [1.54, 1.807) is 11.6 Å². The van der Waals surface area contributed by atoms with Crippen LogP contribution in [-0.2, 0) is 0 Å². The molecule has 4 heterocycles. The molecule has 0 aliphatic carbocycles. The molecule has 1 amide bonds. The van der Waals surface area contributed by atoms with Crippen molar-refractivity contribution in [2.24, 2.45) is 5.41 Å². The number of aromatic nitrogens is 3. The molecule has 2 aliphatic rings. The summed E-state index contributed by atoms with van der Waals surface area (Å²) in [5.74, 6) is -0.186. The molecule has 0 radical (unpaired) electrons. The van der Waals surface area contributed by atoms with Gasteiger partial charge in [-0.15, -0.1) is 11.3 Å². The SMILES string of the molecule is O=C(Nc1ccccc1N1CCC2(CCCNC2)CC1)c1csc(-c2ccn[nH]2)n1. The van der Waals surface area contributed by atoms with Crippen molar-refractivity contribution in [3.05, 3.63) is 47.6 Å². The fourth-order valence-corrected chi connectivity index (χ4v) is 5.37. The molecule has 2 saturated heterocycles. The zero-order chi connectivity index (χ0) is 20.4. The van der Waals surface area contributed by atoms with Gasteiger partial charge in [0.1, 0.15) is 10.7 Å². The Balaban J connectivity index is 1.29. The molecule has 1 spiro atoms. The maximum absolute atomic E-state index is 12.9. The second-order valence-electron chi connectivity index (χ2n) is 8.25. The zero-order valence-corrected chi connectivity index (χ0v) is 17.7. The van der Waals surface area contributed by atoms with Gasteiger partial charge in [0.05, 0.1) is 17.1 Å². The molecule has 0 bridgehead atoms. The number of para-hydroxylation sites is 2. The number of benzene rings is 1. The Kier molecular flexibility index (Phi) is 5.26. The summed E-state index contributed by atoms with van der Waals surface area (Å²) in [7, 11) is 0. The van der Waals surface area contributed by atoms with Crippen LogP contribution in [0.1, 0.15) is 36.2 Å². The highest BCUT2D eigenvalue weighted by Gasteiger charge is 2.36. The van der Waals surface area contributed by atoms with Gasteiger partial charge in [0.2, 0.25) is 0 Å². The summed E-state index contributed by atoms with van der Waals surface area (Å²) in [4.78, 5) is 19.7. The molecule has 0 atom stereocenters. The van der Waals surface area contributed by atoms with Crippen LogP contribution in [0.15, 0.2) is 41.9 Å². The topological polar surface area (TPSA) is 85.9 Å². The van der Waals surface area contributed by atoms with Crippen LogP contribution < -0.4 is 15.5 Å².